The smallest absolute Gasteiger partial charge is 0.409 e. The molecule has 0 fully saturated rings. The third-order valence-electron chi connectivity index (χ3n) is 5.05. The van der Waals surface area contributed by atoms with Gasteiger partial charge in [0, 0.05) is 11.1 Å². The maximum atomic E-state index is 11.8. The van der Waals surface area contributed by atoms with Gasteiger partial charge in [0.05, 0.1) is 0 Å². The van der Waals surface area contributed by atoms with Crippen molar-refractivity contribution >= 4 is 20.2 Å². The number of hydrogen-bond donors (Lipinski definition) is 0. The second-order valence-electron chi connectivity index (χ2n) is 7.83. The molecule has 0 spiro atoms. The molecule has 0 aromatic heterocycles. The molecular formula is C32H25O5P. The van der Waals surface area contributed by atoms with E-state index in [4.69, 9.17) is 13.6 Å². The summed E-state index contributed by atoms with van der Waals surface area (Å²) >= 11 is 0. The van der Waals surface area contributed by atoms with Crippen molar-refractivity contribution in [3.05, 3.63) is 163 Å². The van der Waals surface area contributed by atoms with Gasteiger partial charge in [0.15, 0.2) is 0 Å². The Balaban J connectivity index is 0.000000186. The molecule has 38 heavy (non-hydrogen) atoms. The summed E-state index contributed by atoms with van der Waals surface area (Å²) in [7, 11) is -1.59. The fourth-order valence-corrected chi connectivity index (χ4v) is 4.19. The number of Topliss-reactive ketones (excluding diaryl/α,β-unsaturated/α-hetero) is 2. The summed E-state index contributed by atoms with van der Waals surface area (Å²) in [6, 6.07) is 45.7. The summed E-state index contributed by atoms with van der Waals surface area (Å²) in [5.74, 6) is 1.19. The van der Waals surface area contributed by atoms with Crippen molar-refractivity contribution in [1.82, 2.24) is 0 Å². The summed E-state index contributed by atoms with van der Waals surface area (Å²) in [6.07, 6.45) is 0. The quantitative estimate of drug-likeness (QED) is 0.111. The topological polar surface area (TPSA) is 61.8 Å². The molecule has 5 rings (SSSR count). The van der Waals surface area contributed by atoms with Gasteiger partial charge in [-0.15, -0.1) is 0 Å². The van der Waals surface area contributed by atoms with E-state index in [2.05, 4.69) is 0 Å². The number of para-hydroxylation sites is 3. The van der Waals surface area contributed by atoms with Crippen LogP contribution in [0.4, 0.5) is 0 Å². The molecule has 0 unspecified atom stereocenters. The van der Waals surface area contributed by atoms with Crippen LogP contribution in [0.15, 0.2) is 152 Å². The Kier molecular flexibility index (Phi) is 9.79. The lowest BCUT2D eigenvalue weighted by atomic mass is 10.0. The van der Waals surface area contributed by atoms with E-state index in [1.54, 1.807) is 48.5 Å². The van der Waals surface area contributed by atoms with Crippen molar-refractivity contribution in [1.29, 1.82) is 0 Å². The molecular weight excluding hydrogens is 495 g/mol. The van der Waals surface area contributed by atoms with Crippen LogP contribution in [0.1, 0.15) is 20.7 Å². The largest absolute Gasteiger partial charge is 0.530 e. The minimum atomic E-state index is -1.59. The lowest BCUT2D eigenvalue weighted by molar-refractivity contribution is 0.0817. The van der Waals surface area contributed by atoms with Crippen molar-refractivity contribution in [2.45, 2.75) is 0 Å². The van der Waals surface area contributed by atoms with E-state index >= 15 is 0 Å². The minimum absolute atomic E-state index is 0.427. The maximum absolute atomic E-state index is 11.8. The van der Waals surface area contributed by atoms with Crippen molar-refractivity contribution in [2.75, 3.05) is 0 Å². The second kappa shape index (κ2) is 14.1. The molecule has 0 atom stereocenters. The molecule has 0 saturated carbocycles. The van der Waals surface area contributed by atoms with E-state index < -0.39 is 20.2 Å². The molecule has 0 bridgehead atoms. The predicted molar refractivity (Wildman–Crippen MR) is 150 cm³/mol. The highest BCUT2D eigenvalue weighted by Gasteiger charge is 2.19. The molecule has 6 heteroatoms. The van der Waals surface area contributed by atoms with E-state index in [0.717, 1.165) is 0 Å². The summed E-state index contributed by atoms with van der Waals surface area (Å²) < 4.78 is 17.5. The molecule has 0 aliphatic heterocycles. The minimum Gasteiger partial charge on any atom is -0.409 e. The van der Waals surface area contributed by atoms with Crippen molar-refractivity contribution < 1.29 is 23.2 Å². The first kappa shape index (κ1) is 26.3. The van der Waals surface area contributed by atoms with Crippen LogP contribution in [0.3, 0.4) is 0 Å². The van der Waals surface area contributed by atoms with Gasteiger partial charge in [-0.1, -0.05) is 115 Å². The number of carbonyl (C=O) groups excluding carboxylic acids is 2. The number of rotatable bonds is 9. The van der Waals surface area contributed by atoms with Crippen molar-refractivity contribution in [3.63, 3.8) is 0 Å². The van der Waals surface area contributed by atoms with Gasteiger partial charge in [-0.3, -0.25) is 9.59 Å². The van der Waals surface area contributed by atoms with Crippen LogP contribution >= 0.6 is 8.60 Å². The summed E-state index contributed by atoms with van der Waals surface area (Å²) in [5, 5.41) is 0. The Bertz CT molecular complexity index is 1250. The second-order valence-corrected chi connectivity index (χ2v) is 8.82. The summed E-state index contributed by atoms with van der Waals surface area (Å²) in [4.78, 5) is 23.6. The normalized spacial score (nSPS) is 10.0. The molecule has 0 N–H and O–H groups in total. The van der Waals surface area contributed by atoms with Crippen LogP contribution < -0.4 is 13.6 Å². The fraction of sp³-hybridized carbons (Fsp3) is 0. The average molecular weight is 521 g/mol. The Morgan fingerprint density at radius 2 is 0.605 bits per heavy atom. The Morgan fingerprint density at radius 1 is 0.368 bits per heavy atom. The van der Waals surface area contributed by atoms with E-state index in [1.807, 2.05) is 103 Å². The molecule has 5 nitrogen and oxygen atoms in total. The summed E-state index contributed by atoms with van der Waals surface area (Å²) in [5.41, 5.74) is 0.854. The first-order valence-electron chi connectivity index (χ1n) is 11.9. The molecule has 188 valence electrons. The molecule has 0 saturated heterocycles. The summed E-state index contributed by atoms with van der Waals surface area (Å²) in [6.45, 7) is 0. The standard InChI is InChI=1S/C18H15O3P.C14H10O2/c1-4-10-16(11-5-1)19-22(20-17-12-6-2-7-13-17)21-18-14-8-3-9-15-18;15-13(11-7-3-1-4-8-11)14(16)12-9-5-2-6-10-12/h1-15H;1-10H. The van der Waals surface area contributed by atoms with Gasteiger partial charge in [0.2, 0.25) is 11.6 Å². The van der Waals surface area contributed by atoms with Crippen LogP contribution in [-0.2, 0) is 0 Å². The highest BCUT2D eigenvalue weighted by atomic mass is 31.2. The van der Waals surface area contributed by atoms with Gasteiger partial charge in [-0.2, -0.15) is 0 Å². The van der Waals surface area contributed by atoms with Gasteiger partial charge >= 0.3 is 8.60 Å². The predicted octanol–water partition coefficient (Wildman–Crippen LogP) is 8.20. The van der Waals surface area contributed by atoms with Crippen LogP contribution in [0.5, 0.6) is 17.2 Å². The fourth-order valence-electron chi connectivity index (χ4n) is 3.20. The molecule has 5 aromatic carbocycles. The van der Waals surface area contributed by atoms with E-state index in [1.165, 1.54) is 0 Å². The molecule has 0 heterocycles. The lowest BCUT2D eigenvalue weighted by Crippen LogP contribution is -2.14. The Labute approximate surface area is 223 Å². The van der Waals surface area contributed by atoms with E-state index in [-0.39, 0.29) is 0 Å². The molecule has 0 radical (unpaired) electrons. The molecule has 0 aliphatic carbocycles. The van der Waals surface area contributed by atoms with Crippen molar-refractivity contribution in [3.8, 4) is 17.2 Å². The van der Waals surface area contributed by atoms with Gasteiger partial charge < -0.3 is 13.6 Å². The van der Waals surface area contributed by atoms with E-state index in [0.29, 0.717) is 28.4 Å². The first-order valence-corrected chi connectivity index (χ1v) is 13.0. The van der Waals surface area contributed by atoms with Crippen LogP contribution in [0.2, 0.25) is 0 Å². The van der Waals surface area contributed by atoms with Crippen LogP contribution in [-0.4, -0.2) is 11.6 Å². The zero-order chi connectivity index (χ0) is 26.4. The molecule has 0 amide bonds. The molecule has 0 aliphatic rings. The van der Waals surface area contributed by atoms with Crippen LogP contribution in [0, 0.1) is 0 Å². The van der Waals surface area contributed by atoms with Gasteiger partial charge in [-0.25, -0.2) is 0 Å². The van der Waals surface area contributed by atoms with Gasteiger partial charge in [0.25, 0.3) is 0 Å². The highest BCUT2D eigenvalue weighted by Crippen LogP contribution is 2.41. The van der Waals surface area contributed by atoms with Gasteiger partial charge in [0.1, 0.15) is 17.2 Å². The number of carbonyl (C=O) groups is 2. The zero-order valence-electron chi connectivity index (χ0n) is 20.4. The Morgan fingerprint density at radius 3 is 0.868 bits per heavy atom. The third kappa shape index (κ3) is 8.16. The SMILES string of the molecule is O=C(C(=O)c1ccccc1)c1ccccc1.c1ccc(OP(Oc2ccccc2)Oc2ccccc2)cc1. The van der Waals surface area contributed by atoms with E-state index in [9.17, 15) is 9.59 Å². The lowest BCUT2D eigenvalue weighted by Gasteiger charge is -2.17. The zero-order valence-corrected chi connectivity index (χ0v) is 21.3. The Hall–Kier alpha value is -4.73. The highest BCUT2D eigenvalue weighted by molar-refractivity contribution is 7.43. The van der Waals surface area contributed by atoms with Crippen LogP contribution in [0.25, 0.3) is 0 Å². The number of hydrogen-bond acceptors (Lipinski definition) is 5. The number of ketones is 2. The number of benzene rings is 5. The third-order valence-corrected chi connectivity index (χ3v) is 6.13. The average Bonchev–Trinajstić information content (AvgIpc) is 2.99. The first-order chi connectivity index (χ1) is 18.7. The molecule has 5 aromatic rings. The monoisotopic (exact) mass is 520 g/mol. The maximum Gasteiger partial charge on any atom is 0.530 e. The van der Waals surface area contributed by atoms with Gasteiger partial charge in [-0.05, 0) is 36.4 Å². The van der Waals surface area contributed by atoms with Crippen molar-refractivity contribution in [2.24, 2.45) is 0 Å².